The fourth-order valence-corrected chi connectivity index (χ4v) is 3.22. The third-order valence-electron chi connectivity index (χ3n) is 5.07. The van der Waals surface area contributed by atoms with Crippen molar-refractivity contribution in [1.29, 1.82) is 0 Å². The first kappa shape index (κ1) is 23.1. The van der Waals surface area contributed by atoms with E-state index in [4.69, 9.17) is 9.84 Å². The van der Waals surface area contributed by atoms with Gasteiger partial charge in [-0.1, -0.05) is 45.0 Å². The maximum absolute atomic E-state index is 12.9. The van der Waals surface area contributed by atoms with Gasteiger partial charge in [-0.3, -0.25) is 9.59 Å². The highest BCUT2D eigenvalue weighted by molar-refractivity contribution is 5.99. The Hall–Kier alpha value is -3.61. The zero-order valence-electron chi connectivity index (χ0n) is 19.3. The van der Waals surface area contributed by atoms with Gasteiger partial charge < -0.3 is 15.0 Å². The first-order chi connectivity index (χ1) is 15.2. The van der Waals surface area contributed by atoms with Gasteiger partial charge in [0.05, 0.1) is 18.5 Å². The third-order valence-corrected chi connectivity index (χ3v) is 5.07. The van der Waals surface area contributed by atoms with Gasteiger partial charge >= 0.3 is 0 Å². The average Bonchev–Trinajstić information content (AvgIpc) is 3.22. The zero-order valence-corrected chi connectivity index (χ0v) is 19.3. The summed E-state index contributed by atoms with van der Waals surface area (Å²) in [6.45, 7) is 8.38. The summed E-state index contributed by atoms with van der Waals surface area (Å²) in [5, 5.41) is 7.65. The van der Waals surface area contributed by atoms with E-state index in [9.17, 15) is 9.59 Å². The number of para-hydroxylation sites is 1. The predicted molar refractivity (Wildman–Crippen MR) is 125 cm³/mol. The second-order valence-corrected chi connectivity index (χ2v) is 8.51. The van der Waals surface area contributed by atoms with Crippen molar-refractivity contribution in [3.63, 3.8) is 0 Å². The molecule has 1 aromatic heterocycles. The highest BCUT2D eigenvalue weighted by Crippen LogP contribution is 2.26. The number of anilines is 1. The lowest BCUT2D eigenvalue weighted by Gasteiger charge is -2.21. The lowest BCUT2D eigenvalue weighted by Crippen LogP contribution is -2.38. The molecule has 0 aliphatic rings. The molecule has 2 amide bonds. The number of hydrogen-bond donors (Lipinski definition) is 1. The molecule has 2 aromatic carbocycles. The smallest absolute Gasteiger partial charge is 0.254 e. The van der Waals surface area contributed by atoms with Crippen LogP contribution in [0.4, 0.5) is 5.82 Å². The number of ether oxygens (including phenoxy) is 1. The topological polar surface area (TPSA) is 76.5 Å². The Morgan fingerprint density at radius 2 is 1.78 bits per heavy atom. The van der Waals surface area contributed by atoms with Crippen LogP contribution in [0.3, 0.4) is 0 Å². The molecule has 0 unspecified atom stereocenters. The molecule has 0 aliphatic heterocycles. The third kappa shape index (κ3) is 5.35. The summed E-state index contributed by atoms with van der Waals surface area (Å²) in [7, 11) is 1.55. The minimum atomic E-state index is -0.291. The van der Waals surface area contributed by atoms with Crippen LogP contribution in [-0.4, -0.2) is 46.7 Å². The van der Waals surface area contributed by atoms with Gasteiger partial charge in [-0.25, -0.2) is 4.68 Å². The lowest BCUT2D eigenvalue weighted by atomic mass is 9.92. The fraction of sp³-hybridized carbons (Fsp3) is 0.320. The number of hydrogen-bond acceptors (Lipinski definition) is 4. The SMILES string of the molecule is CCN(CC(=O)Nc1cc(C(C)(C)C)nn1-c1ccccc1)C(=O)c1cccc(OC)c1. The molecule has 0 atom stereocenters. The van der Waals surface area contributed by atoms with Crippen LogP contribution in [0.1, 0.15) is 43.7 Å². The largest absolute Gasteiger partial charge is 0.497 e. The summed E-state index contributed by atoms with van der Waals surface area (Å²) in [4.78, 5) is 27.3. The lowest BCUT2D eigenvalue weighted by molar-refractivity contribution is -0.116. The minimum Gasteiger partial charge on any atom is -0.497 e. The number of amides is 2. The Morgan fingerprint density at radius 3 is 2.41 bits per heavy atom. The van der Waals surface area contributed by atoms with Gasteiger partial charge in [-0.2, -0.15) is 5.10 Å². The maximum Gasteiger partial charge on any atom is 0.254 e. The summed E-state index contributed by atoms with van der Waals surface area (Å²) in [5.41, 5.74) is 2.00. The van der Waals surface area contributed by atoms with Crippen molar-refractivity contribution in [1.82, 2.24) is 14.7 Å². The Labute approximate surface area is 189 Å². The molecule has 0 fully saturated rings. The molecule has 1 N–H and O–H groups in total. The van der Waals surface area contributed by atoms with Crippen molar-refractivity contribution in [2.45, 2.75) is 33.1 Å². The number of benzene rings is 2. The summed E-state index contributed by atoms with van der Waals surface area (Å²) in [6.07, 6.45) is 0. The Morgan fingerprint density at radius 1 is 1.06 bits per heavy atom. The second-order valence-electron chi connectivity index (χ2n) is 8.51. The predicted octanol–water partition coefficient (Wildman–Crippen LogP) is 4.28. The second kappa shape index (κ2) is 9.68. The van der Waals surface area contributed by atoms with Crippen molar-refractivity contribution < 1.29 is 14.3 Å². The molecule has 7 nitrogen and oxygen atoms in total. The molecule has 0 saturated carbocycles. The van der Waals surface area contributed by atoms with Crippen LogP contribution in [-0.2, 0) is 10.2 Å². The van der Waals surface area contributed by atoms with Gasteiger partial charge in [0.25, 0.3) is 5.91 Å². The average molecular weight is 435 g/mol. The quantitative estimate of drug-likeness (QED) is 0.602. The van der Waals surface area contributed by atoms with E-state index in [1.165, 1.54) is 4.90 Å². The van der Waals surface area contributed by atoms with Gasteiger partial charge in [-0.15, -0.1) is 0 Å². The number of aromatic nitrogens is 2. The standard InChI is InChI=1S/C25H30N4O3/c1-6-28(24(31)18-11-10-14-20(15-18)32-5)17-23(30)26-22-16-21(25(2,3)4)27-29(22)19-12-8-7-9-13-19/h7-16H,6,17H2,1-5H3,(H,26,30). The monoisotopic (exact) mass is 434 g/mol. The molecule has 7 heteroatoms. The van der Waals surface area contributed by atoms with E-state index < -0.39 is 0 Å². The molecule has 32 heavy (non-hydrogen) atoms. The molecule has 0 radical (unpaired) electrons. The molecule has 168 valence electrons. The van der Waals surface area contributed by atoms with E-state index in [1.807, 2.05) is 43.3 Å². The number of carbonyl (C=O) groups excluding carboxylic acids is 2. The van der Waals surface area contributed by atoms with Crippen LogP contribution in [0.5, 0.6) is 5.75 Å². The van der Waals surface area contributed by atoms with E-state index in [0.717, 1.165) is 11.4 Å². The zero-order chi connectivity index (χ0) is 23.3. The van der Waals surface area contributed by atoms with E-state index >= 15 is 0 Å². The van der Waals surface area contributed by atoms with E-state index in [2.05, 4.69) is 26.1 Å². The maximum atomic E-state index is 12.9. The Kier molecular flexibility index (Phi) is 6.98. The Balaban J connectivity index is 1.81. The fourth-order valence-electron chi connectivity index (χ4n) is 3.22. The molecule has 3 rings (SSSR count). The highest BCUT2D eigenvalue weighted by Gasteiger charge is 2.23. The number of rotatable bonds is 7. The number of nitrogens with one attached hydrogen (secondary N) is 1. The van der Waals surface area contributed by atoms with E-state index in [0.29, 0.717) is 23.7 Å². The molecule has 0 aliphatic carbocycles. The molecule has 0 spiro atoms. The van der Waals surface area contributed by atoms with Gasteiger partial charge in [0.1, 0.15) is 18.1 Å². The van der Waals surface area contributed by atoms with Gasteiger partial charge in [0.15, 0.2) is 0 Å². The van der Waals surface area contributed by atoms with Crippen LogP contribution < -0.4 is 10.1 Å². The number of methoxy groups -OCH3 is 1. The van der Waals surface area contributed by atoms with Gasteiger partial charge in [0, 0.05) is 23.6 Å². The van der Waals surface area contributed by atoms with Crippen LogP contribution in [0.15, 0.2) is 60.7 Å². The van der Waals surface area contributed by atoms with Gasteiger partial charge in [-0.05, 0) is 37.3 Å². The number of carbonyl (C=O) groups is 2. The summed E-state index contributed by atoms with van der Waals surface area (Å²) >= 11 is 0. The van der Waals surface area contributed by atoms with Crippen LogP contribution in [0, 0.1) is 0 Å². The van der Waals surface area contributed by atoms with E-state index in [-0.39, 0.29) is 23.8 Å². The summed E-state index contributed by atoms with van der Waals surface area (Å²) < 4.78 is 6.92. The first-order valence-electron chi connectivity index (χ1n) is 10.6. The molecule has 0 saturated heterocycles. The normalized spacial score (nSPS) is 11.2. The highest BCUT2D eigenvalue weighted by atomic mass is 16.5. The van der Waals surface area contributed by atoms with E-state index in [1.54, 1.807) is 36.1 Å². The first-order valence-corrected chi connectivity index (χ1v) is 10.6. The molecule has 1 heterocycles. The Bertz CT molecular complexity index is 1080. The minimum absolute atomic E-state index is 0.0721. The van der Waals surface area contributed by atoms with Crippen molar-refractivity contribution >= 4 is 17.6 Å². The molecule has 3 aromatic rings. The van der Waals surface area contributed by atoms with Crippen LogP contribution in [0.2, 0.25) is 0 Å². The van der Waals surface area contributed by atoms with Crippen LogP contribution in [0.25, 0.3) is 5.69 Å². The molecule has 0 bridgehead atoms. The molecular weight excluding hydrogens is 404 g/mol. The summed E-state index contributed by atoms with van der Waals surface area (Å²) in [5.74, 6) is 0.642. The van der Waals surface area contributed by atoms with Crippen molar-refractivity contribution in [3.8, 4) is 11.4 Å². The molecular formula is C25H30N4O3. The number of likely N-dealkylation sites (N-methyl/N-ethyl adjacent to an activating group) is 1. The summed E-state index contributed by atoms with van der Waals surface area (Å²) in [6, 6.07) is 18.4. The van der Waals surface area contributed by atoms with Crippen molar-refractivity contribution in [3.05, 3.63) is 71.9 Å². The number of nitrogens with zero attached hydrogens (tertiary/aromatic N) is 3. The van der Waals surface area contributed by atoms with Crippen LogP contribution >= 0.6 is 0 Å². The van der Waals surface area contributed by atoms with Crippen molar-refractivity contribution in [2.24, 2.45) is 0 Å². The van der Waals surface area contributed by atoms with Gasteiger partial charge in [0.2, 0.25) is 5.91 Å². The van der Waals surface area contributed by atoms with Crippen molar-refractivity contribution in [2.75, 3.05) is 25.5 Å².